The lowest BCUT2D eigenvalue weighted by Crippen LogP contribution is -2.09. The van der Waals surface area contributed by atoms with Gasteiger partial charge in [-0.15, -0.1) is 0 Å². The maximum Gasteiger partial charge on any atom is 0.335 e. The van der Waals surface area contributed by atoms with Crippen LogP contribution in [0.25, 0.3) is 0 Å². The van der Waals surface area contributed by atoms with E-state index in [1.165, 1.54) is 28.8 Å². The van der Waals surface area contributed by atoms with Crippen molar-refractivity contribution in [1.29, 1.82) is 0 Å². The second kappa shape index (κ2) is 5.60. The Labute approximate surface area is 139 Å². The van der Waals surface area contributed by atoms with Gasteiger partial charge in [0.2, 0.25) is 0 Å². The molecule has 0 aliphatic heterocycles. The van der Waals surface area contributed by atoms with E-state index in [1.807, 2.05) is 12.2 Å². The van der Waals surface area contributed by atoms with Crippen molar-refractivity contribution in [3.05, 3.63) is 94.1 Å². The van der Waals surface area contributed by atoms with E-state index in [0.717, 1.165) is 12.8 Å². The highest BCUT2D eigenvalue weighted by Crippen LogP contribution is 2.43. The van der Waals surface area contributed by atoms with E-state index in [2.05, 4.69) is 24.3 Å². The number of hydrogen-bond donors (Lipinski definition) is 1. The van der Waals surface area contributed by atoms with E-state index in [4.69, 9.17) is 5.11 Å². The van der Waals surface area contributed by atoms with Crippen molar-refractivity contribution >= 4 is 11.8 Å². The number of carboxylic acid groups (broad SMARTS) is 1. The Kier molecular flexibility index (Phi) is 3.42. The average Bonchev–Trinajstić information content (AvgIpc) is 2.99. The van der Waals surface area contributed by atoms with Gasteiger partial charge in [-0.05, 0) is 36.1 Å². The van der Waals surface area contributed by atoms with Crippen LogP contribution < -0.4 is 0 Å². The monoisotopic (exact) mass is 316 g/mol. The maximum absolute atomic E-state index is 12.7. The molecule has 0 saturated heterocycles. The summed E-state index contributed by atoms with van der Waals surface area (Å²) in [5.74, 6) is -0.638. The lowest BCUT2D eigenvalue weighted by molar-refractivity contribution is 0.0696. The Bertz CT molecular complexity index is 901. The highest BCUT2D eigenvalue weighted by atomic mass is 16.4. The summed E-state index contributed by atoms with van der Waals surface area (Å²) in [5, 5.41) is 8.95. The van der Waals surface area contributed by atoms with Crippen molar-refractivity contribution in [2.24, 2.45) is 0 Å². The topological polar surface area (TPSA) is 54.4 Å². The zero-order chi connectivity index (χ0) is 16.7. The normalized spacial score (nSPS) is 18.2. The Morgan fingerprint density at radius 1 is 0.958 bits per heavy atom. The molecule has 4 rings (SSSR count). The first-order valence-electron chi connectivity index (χ1n) is 8.00. The molecule has 1 unspecified atom stereocenters. The minimum Gasteiger partial charge on any atom is -0.478 e. The van der Waals surface area contributed by atoms with Crippen LogP contribution in [-0.4, -0.2) is 16.9 Å². The maximum atomic E-state index is 12.7. The number of Topliss-reactive ketones (excluding diaryl/α,β-unsaturated/α-hetero) is 1. The summed E-state index contributed by atoms with van der Waals surface area (Å²) in [4.78, 5) is 23.6. The van der Waals surface area contributed by atoms with Crippen LogP contribution >= 0.6 is 0 Å². The van der Waals surface area contributed by atoms with Crippen molar-refractivity contribution in [1.82, 2.24) is 0 Å². The molecule has 3 nitrogen and oxygen atoms in total. The summed E-state index contributed by atoms with van der Waals surface area (Å²) in [6.07, 6.45) is 5.77. The molecule has 1 atom stereocenters. The van der Waals surface area contributed by atoms with Crippen LogP contribution in [0.2, 0.25) is 0 Å². The van der Waals surface area contributed by atoms with Crippen molar-refractivity contribution in [2.75, 3.05) is 0 Å². The quantitative estimate of drug-likeness (QED) is 0.865. The molecule has 0 radical (unpaired) electrons. The van der Waals surface area contributed by atoms with Gasteiger partial charge >= 0.3 is 5.97 Å². The predicted octanol–water partition coefficient (Wildman–Crippen LogP) is 4.16. The Morgan fingerprint density at radius 2 is 1.67 bits per heavy atom. The minimum absolute atomic E-state index is 0.0474. The molecule has 0 spiro atoms. The van der Waals surface area contributed by atoms with Crippen molar-refractivity contribution < 1.29 is 14.7 Å². The van der Waals surface area contributed by atoms with Gasteiger partial charge in [0, 0.05) is 17.1 Å². The molecule has 0 saturated carbocycles. The number of ketones is 1. The third-order valence-electron chi connectivity index (χ3n) is 4.84. The summed E-state index contributed by atoms with van der Waals surface area (Å²) in [5.41, 5.74) is 5.44. The van der Waals surface area contributed by atoms with Gasteiger partial charge in [-0.25, -0.2) is 4.79 Å². The lowest BCUT2D eigenvalue weighted by atomic mass is 9.86. The second-order valence-corrected chi connectivity index (χ2v) is 6.25. The molecule has 2 aliphatic rings. The van der Waals surface area contributed by atoms with Gasteiger partial charge in [0.1, 0.15) is 0 Å². The molecule has 2 aliphatic carbocycles. The van der Waals surface area contributed by atoms with Gasteiger partial charge < -0.3 is 5.11 Å². The number of hydrogen-bond acceptors (Lipinski definition) is 2. The number of rotatable bonds is 3. The van der Waals surface area contributed by atoms with Gasteiger partial charge in [0.05, 0.1) is 5.56 Å². The van der Waals surface area contributed by atoms with Crippen LogP contribution in [-0.2, 0) is 6.42 Å². The first kappa shape index (κ1) is 14.6. The van der Waals surface area contributed by atoms with Crippen molar-refractivity contribution in [3.8, 4) is 0 Å². The smallest absolute Gasteiger partial charge is 0.335 e. The fraction of sp³-hybridized carbons (Fsp3) is 0.143. The van der Waals surface area contributed by atoms with E-state index in [1.54, 1.807) is 12.1 Å². The number of carboxylic acids is 1. The van der Waals surface area contributed by atoms with Crippen LogP contribution in [0.15, 0.2) is 71.8 Å². The highest BCUT2D eigenvalue weighted by Gasteiger charge is 2.29. The van der Waals surface area contributed by atoms with Gasteiger partial charge in [-0.3, -0.25) is 4.79 Å². The summed E-state index contributed by atoms with van der Waals surface area (Å²) >= 11 is 0. The molecule has 2 aromatic rings. The SMILES string of the molecule is O=C(O)c1ccc(C(=O)C2=CCC3C(=C2)Cc2ccccc23)cc1. The number of aromatic carboxylic acids is 1. The fourth-order valence-electron chi connectivity index (χ4n) is 3.60. The molecule has 0 bridgehead atoms. The van der Waals surface area contributed by atoms with Crippen LogP contribution in [0.5, 0.6) is 0 Å². The van der Waals surface area contributed by atoms with Gasteiger partial charge in [0.15, 0.2) is 5.78 Å². The number of carbonyl (C=O) groups is 2. The van der Waals surface area contributed by atoms with Crippen molar-refractivity contribution in [3.63, 3.8) is 0 Å². The summed E-state index contributed by atoms with van der Waals surface area (Å²) < 4.78 is 0. The molecule has 24 heavy (non-hydrogen) atoms. The molecule has 2 aromatic carbocycles. The standard InChI is InChI=1S/C21H16O3/c22-20(13-5-7-14(8-6-13)21(23)24)16-9-10-19-17(12-16)11-15-3-1-2-4-18(15)19/h1-9,12,19H,10-11H2,(H,23,24). The Balaban J connectivity index is 1.59. The largest absolute Gasteiger partial charge is 0.478 e. The number of benzene rings is 2. The third-order valence-corrected chi connectivity index (χ3v) is 4.84. The van der Waals surface area contributed by atoms with Crippen molar-refractivity contribution in [2.45, 2.75) is 18.8 Å². The molecular formula is C21H16O3. The predicted molar refractivity (Wildman–Crippen MR) is 91.4 cm³/mol. The third kappa shape index (κ3) is 2.38. The molecule has 0 fully saturated rings. The molecule has 0 aromatic heterocycles. The first-order chi connectivity index (χ1) is 11.6. The van der Waals surface area contributed by atoms with Crippen LogP contribution in [0.1, 0.15) is 44.2 Å². The Morgan fingerprint density at radius 3 is 2.42 bits per heavy atom. The fourth-order valence-corrected chi connectivity index (χ4v) is 3.60. The second-order valence-electron chi connectivity index (χ2n) is 6.25. The Hall–Kier alpha value is -2.94. The summed E-state index contributed by atoms with van der Waals surface area (Å²) in [6, 6.07) is 14.6. The minimum atomic E-state index is -0.987. The molecular weight excluding hydrogens is 300 g/mol. The van der Waals surface area contributed by atoms with Crippen LogP contribution in [0, 0.1) is 0 Å². The van der Waals surface area contributed by atoms with Crippen LogP contribution in [0.3, 0.4) is 0 Å². The molecule has 0 amide bonds. The summed E-state index contributed by atoms with van der Waals surface area (Å²) in [7, 11) is 0. The lowest BCUT2D eigenvalue weighted by Gasteiger charge is -2.17. The van der Waals surface area contributed by atoms with Gasteiger partial charge in [0.25, 0.3) is 0 Å². The number of allylic oxidation sites excluding steroid dienone is 4. The molecule has 0 heterocycles. The molecule has 1 N–H and O–H groups in total. The van der Waals surface area contributed by atoms with E-state index < -0.39 is 5.97 Å². The zero-order valence-corrected chi connectivity index (χ0v) is 13.0. The zero-order valence-electron chi connectivity index (χ0n) is 13.0. The van der Waals surface area contributed by atoms with E-state index >= 15 is 0 Å². The average molecular weight is 316 g/mol. The van der Waals surface area contributed by atoms with Gasteiger partial charge in [-0.1, -0.05) is 54.1 Å². The number of fused-ring (bicyclic) bond motifs is 3. The molecule has 3 heteroatoms. The van der Waals surface area contributed by atoms with Gasteiger partial charge in [-0.2, -0.15) is 0 Å². The van der Waals surface area contributed by atoms with Crippen LogP contribution in [0.4, 0.5) is 0 Å². The number of carbonyl (C=O) groups excluding carboxylic acids is 1. The highest BCUT2D eigenvalue weighted by molar-refractivity contribution is 6.11. The molecule has 118 valence electrons. The van der Waals surface area contributed by atoms with E-state index in [-0.39, 0.29) is 11.3 Å². The summed E-state index contributed by atoms with van der Waals surface area (Å²) in [6.45, 7) is 0. The first-order valence-corrected chi connectivity index (χ1v) is 8.00. The van der Waals surface area contributed by atoms with E-state index in [0.29, 0.717) is 17.1 Å². The van der Waals surface area contributed by atoms with E-state index in [9.17, 15) is 9.59 Å².